The Labute approximate surface area is 145 Å². The zero-order chi connectivity index (χ0) is 17.5. The maximum Gasteiger partial charge on any atom is 0.264 e. The zero-order valence-corrected chi connectivity index (χ0v) is 13.9. The number of hydrogen-bond donors (Lipinski definition) is 0. The van der Waals surface area contributed by atoms with Crippen molar-refractivity contribution in [1.29, 1.82) is 5.26 Å². The first-order valence-electron chi connectivity index (χ1n) is 7.33. The molecule has 1 amide bonds. The highest BCUT2D eigenvalue weighted by Crippen LogP contribution is 2.25. The lowest BCUT2D eigenvalue weighted by molar-refractivity contribution is -0.120. The molecule has 0 spiro atoms. The summed E-state index contributed by atoms with van der Waals surface area (Å²) in [6, 6.07) is 13.1. The Kier molecular flexibility index (Phi) is 6.16. The molecule has 0 heterocycles. The van der Waals surface area contributed by atoms with E-state index in [0.717, 1.165) is 11.6 Å². The van der Waals surface area contributed by atoms with Crippen molar-refractivity contribution in [3.63, 3.8) is 0 Å². The number of aryl methyl sites for hydroxylation is 1. The van der Waals surface area contributed by atoms with E-state index in [2.05, 4.69) is 0 Å². The predicted octanol–water partition coefficient (Wildman–Crippen LogP) is 4.11. The van der Waals surface area contributed by atoms with Crippen molar-refractivity contribution in [2.75, 3.05) is 18.1 Å². The fourth-order valence-corrected chi connectivity index (χ4v) is 2.32. The topological polar surface area (TPSA) is 53.3 Å². The molecule has 4 nitrogen and oxygen atoms in total. The minimum Gasteiger partial charge on any atom is -0.482 e. The van der Waals surface area contributed by atoms with Gasteiger partial charge in [-0.25, -0.2) is 4.39 Å². The van der Waals surface area contributed by atoms with Crippen molar-refractivity contribution in [2.45, 2.75) is 13.3 Å². The number of nitrogens with zero attached hydrogens (tertiary/aromatic N) is 2. The standard InChI is InChI=1S/C18H16ClFN2O2/c1-13-3-6-15(7-4-13)22(10-2-9-21)18(23)12-24-17-8-5-14(20)11-16(17)19/h3-8,11H,2,10,12H2,1H3. The summed E-state index contributed by atoms with van der Waals surface area (Å²) in [4.78, 5) is 13.9. The molecule has 0 fully saturated rings. The fraction of sp³-hybridized carbons (Fsp3) is 0.222. The van der Waals surface area contributed by atoms with Gasteiger partial charge in [0, 0.05) is 12.2 Å². The van der Waals surface area contributed by atoms with Crippen molar-refractivity contribution in [3.8, 4) is 11.8 Å². The average molecular weight is 347 g/mol. The first kappa shape index (κ1) is 17.8. The van der Waals surface area contributed by atoms with Crippen LogP contribution in [0, 0.1) is 24.1 Å². The molecular weight excluding hydrogens is 331 g/mol. The van der Waals surface area contributed by atoms with E-state index in [4.69, 9.17) is 21.6 Å². The van der Waals surface area contributed by atoms with E-state index >= 15 is 0 Å². The number of carbonyl (C=O) groups is 1. The molecular formula is C18H16ClFN2O2. The van der Waals surface area contributed by atoms with Crippen LogP contribution < -0.4 is 9.64 Å². The molecule has 0 aliphatic carbocycles. The first-order valence-corrected chi connectivity index (χ1v) is 7.71. The van der Waals surface area contributed by atoms with Gasteiger partial charge >= 0.3 is 0 Å². The highest BCUT2D eigenvalue weighted by molar-refractivity contribution is 6.32. The summed E-state index contributed by atoms with van der Waals surface area (Å²) in [5, 5.41) is 8.88. The Morgan fingerprint density at radius 1 is 1.29 bits per heavy atom. The van der Waals surface area contributed by atoms with E-state index in [0.29, 0.717) is 5.69 Å². The van der Waals surface area contributed by atoms with E-state index in [9.17, 15) is 9.18 Å². The van der Waals surface area contributed by atoms with Gasteiger partial charge in [-0.3, -0.25) is 4.79 Å². The first-order chi connectivity index (χ1) is 11.5. The van der Waals surface area contributed by atoms with Crippen molar-refractivity contribution in [1.82, 2.24) is 0 Å². The zero-order valence-electron chi connectivity index (χ0n) is 13.1. The van der Waals surface area contributed by atoms with E-state index in [-0.39, 0.29) is 36.3 Å². The van der Waals surface area contributed by atoms with Gasteiger partial charge in [-0.05, 0) is 37.3 Å². The summed E-state index contributed by atoms with van der Waals surface area (Å²) >= 11 is 5.88. The van der Waals surface area contributed by atoms with Crippen LogP contribution in [0.5, 0.6) is 5.75 Å². The Balaban J connectivity index is 2.10. The summed E-state index contributed by atoms with van der Waals surface area (Å²) in [5.74, 6) is -0.556. The molecule has 0 aliphatic heterocycles. The van der Waals surface area contributed by atoms with E-state index in [1.807, 2.05) is 37.3 Å². The van der Waals surface area contributed by atoms with Gasteiger partial charge < -0.3 is 9.64 Å². The van der Waals surface area contributed by atoms with Crippen LogP contribution in [0.1, 0.15) is 12.0 Å². The molecule has 0 saturated heterocycles. The molecule has 2 rings (SSSR count). The van der Waals surface area contributed by atoms with Gasteiger partial charge in [0.1, 0.15) is 11.6 Å². The van der Waals surface area contributed by atoms with Gasteiger partial charge in [0.05, 0.1) is 17.5 Å². The van der Waals surface area contributed by atoms with Crippen LogP contribution >= 0.6 is 11.6 Å². The van der Waals surface area contributed by atoms with Crippen LogP contribution in [-0.2, 0) is 4.79 Å². The normalized spacial score (nSPS) is 10.1. The number of amides is 1. The molecule has 0 N–H and O–H groups in total. The molecule has 2 aromatic carbocycles. The summed E-state index contributed by atoms with van der Waals surface area (Å²) in [7, 11) is 0. The highest BCUT2D eigenvalue weighted by Gasteiger charge is 2.17. The van der Waals surface area contributed by atoms with Gasteiger partial charge in [0.2, 0.25) is 0 Å². The smallest absolute Gasteiger partial charge is 0.264 e. The molecule has 0 unspecified atom stereocenters. The number of rotatable bonds is 6. The largest absolute Gasteiger partial charge is 0.482 e. The molecule has 2 aromatic rings. The minimum atomic E-state index is -0.478. The van der Waals surface area contributed by atoms with Gasteiger partial charge in [-0.2, -0.15) is 5.26 Å². The second-order valence-corrected chi connectivity index (χ2v) is 5.56. The lowest BCUT2D eigenvalue weighted by Gasteiger charge is -2.22. The SMILES string of the molecule is Cc1ccc(N(CCC#N)C(=O)COc2ccc(F)cc2Cl)cc1. The van der Waals surface area contributed by atoms with Crippen molar-refractivity contribution < 1.29 is 13.9 Å². The van der Waals surface area contributed by atoms with Crippen LogP contribution in [0.4, 0.5) is 10.1 Å². The van der Waals surface area contributed by atoms with Crippen LogP contribution in [0.2, 0.25) is 5.02 Å². The number of halogens is 2. The summed E-state index contributed by atoms with van der Waals surface area (Å²) < 4.78 is 18.4. The predicted molar refractivity (Wildman–Crippen MR) is 90.7 cm³/mol. The second-order valence-electron chi connectivity index (χ2n) is 5.15. The third-order valence-corrected chi connectivity index (χ3v) is 3.63. The summed E-state index contributed by atoms with van der Waals surface area (Å²) in [6.07, 6.45) is 0.205. The lowest BCUT2D eigenvalue weighted by Crippen LogP contribution is -2.35. The van der Waals surface area contributed by atoms with Gasteiger partial charge in [-0.1, -0.05) is 29.3 Å². The van der Waals surface area contributed by atoms with E-state index in [1.54, 1.807) is 0 Å². The molecule has 0 atom stereocenters. The molecule has 24 heavy (non-hydrogen) atoms. The Morgan fingerprint density at radius 3 is 2.62 bits per heavy atom. The van der Waals surface area contributed by atoms with Gasteiger partial charge in [-0.15, -0.1) is 0 Å². The van der Waals surface area contributed by atoms with Crippen molar-refractivity contribution in [2.24, 2.45) is 0 Å². The van der Waals surface area contributed by atoms with Gasteiger partial charge in [0.15, 0.2) is 6.61 Å². The summed E-state index contributed by atoms with van der Waals surface area (Å²) in [6.45, 7) is 1.95. The Bertz CT molecular complexity index is 757. The van der Waals surface area contributed by atoms with E-state index < -0.39 is 5.82 Å². The number of benzene rings is 2. The highest BCUT2D eigenvalue weighted by atomic mass is 35.5. The lowest BCUT2D eigenvalue weighted by atomic mass is 10.2. The van der Waals surface area contributed by atoms with Crippen LogP contribution in [0.15, 0.2) is 42.5 Å². The number of anilines is 1. The second kappa shape index (κ2) is 8.32. The molecule has 124 valence electrons. The molecule has 0 bridgehead atoms. The number of nitriles is 1. The monoisotopic (exact) mass is 346 g/mol. The summed E-state index contributed by atoms with van der Waals surface area (Å²) in [5.41, 5.74) is 1.76. The van der Waals surface area contributed by atoms with E-state index in [1.165, 1.54) is 17.0 Å². The maximum atomic E-state index is 13.0. The number of hydrogen-bond acceptors (Lipinski definition) is 3. The van der Waals surface area contributed by atoms with Crippen LogP contribution in [0.25, 0.3) is 0 Å². The molecule has 0 aromatic heterocycles. The van der Waals surface area contributed by atoms with Crippen molar-refractivity contribution >= 4 is 23.2 Å². The minimum absolute atomic E-state index is 0.0988. The number of carbonyl (C=O) groups excluding carboxylic acids is 1. The molecule has 0 aliphatic rings. The molecule has 0 radical (unpaired) electrons. The third-order valence-electron chi connectivity index (χ3n) is 3.34. The maximum absolute atomic E-state index is 13.0. The fourth-order valence-electron chi connectivity index (χ4n) is 2.09. The van der Waals surface area contributed by atoms with Crippen molar-refractivity contribution in [3.05, 3.63) is 58.9 Å². The molecule has 0 saturated carbocycles. The Hall–Kier alpha value is -2.58. The van der Waals surface area contributed by atoms with Crippen LogP contribution in [-0.4, -0.2) is 19.1 Å². The average Bonchev–Trinajstić information content (AvgIpc) is 2.56. The van der Waals surface area contributed by atoms with Gasteiger partial charge in [0.25, 0.3) is 5.91 Å². The Morgan fingerprint density at radius 2 is 2.00 bits per heavy atom. The number of ether oxygens (including phenoxy) is 1. The third kappa shape index (κ3) is 4.71. The molecule has 6 heteroatoms. The quantitative estimate of drug-likeness (QED) is 0.790. The van der Waals surface area contributed by atoms with Crippen LogP contribution in [0.3, 0.4) is 0 Å².